The van der Waals surface area contributed by atoms with Crippen LogP contribution in [0.5, 0.6) is 0 Å². The van der Waals surface area contributed by atoms with Crippen molar-refractivity contribution in [1.29, 1.82) is 0 Å². The molecule has 3 fully saturated rings. The van der Waals surface area contributed by atoms with E-state index in [2.05, 4.69) is 34.1 Å². The lowest BCUT2D eigenvalue weighted by Crippen LogP contribution is -2.49. The molecule has 30 heavy (non-hydrogen) atoms. The minimum absolute atomic E-state index is 0.206. The van der Waals surface area contributed by atoms with Crippen LogP contribution in [0, 0.1) is 11.8 Å². The van der Waals surface area contributed by atoms with Gasteiger partial charge >= 0.3 is 0 Å². The van der Waals surface area contributed by atoms with Gasteiger partial charge in [0.05, 0.1) is 0 Å². The molecule has 3 aliphatic heterocycles. The number of likely N-dealkylation sites (tertiary alicyclic amines) is 3. The first-order chi connectivity index (χ1) is 14.6. The lowest BCUT2D eigenvalue weighted by atomic mass is 9.80. The molecular formula is C25H37N3O2. The third-order valence-electron chi connectivity index (χ3n) is 7.61. The Bertz CT molecular complexity index is 706. The van der Waals surface area contributed by atoms with Gasteiger partial charge in [-0.05, 0) is 63.1 Å². The minimum atomic E-state index is 0.206. The normalized spacial score (nSPS) is 25.4. The van der Waals surface area contributed by atoms with Gasteiger partial charge in [-0.1, -0.05) is 36.8 Å². The zero-order chi connectivity index (χ0) is 20.9. The smallest absolute Gasteiger partial charge is 0.226 e. The monoisotopic (exact) mass is 411 g/mol. The van der Waals surface area contributed by atoms with E-state index in [-0.39, 0.29) is 11.8 Å². The Hall–Kier alpha value is -1.88. The third kappa shape index (κ3) is 5.05. The lowest BCUT2D eigenvalue weighted by Gasteiger charge is -2.43. The number of benzene rings is 1. The standard InChI is InChI=1S/C25H37N3O2/c1-20(29)26-17-12-23(13-18-26)27-15-10-22(11-16-27)24-9-5-6-14-28(25(24)30)19-21-7-3-2-4-8-21/h2-4,7-8,22-24H,5-6,9-19H2,1H3/t24-/m1/s1. The largest absolute Gasteiger partial charge is 0.343 e. The van der Waals surface area contributed by atoms with E-state index in [9.17, 15) is 9.59 Å². The second-order valence-corrected chi connectivity index (χ2v) is 9.46. The van der Waals surface area contributed by atoms with E-state index >= 15 is 0 Å². The molecule has 0 aliphatic carbocycles. The fraction of sp³-hybridized carbons (Fsp3) is 0.680. The highest BCUT2D eigenvalue weighted by Gasteiger charge is 2.36. The van der Waals surface area contributed by atoms with Crippen molar-refractivity contribution in [1.82, 2.24) is 14.7 Å². The molecule has 5 heteroatoms. The molecule has 0 N–H and O–H groups in total. The summed E-state index contributed by atoms with van der Waals surface area (Å²) < 4.78 is 0. The molecule has 1 atom stereocenters. The van der Waals surface area contributed by atoms with Crippen molar-refractivity contribution in [2.24, 2.45) is 11.8 Å². The summed E-state index contributed by atoms with van der Waals surface area (Å²) in [7, 11) is 0. The molecule has 3 aliphatic rings. The van der Waals surface area contributed by atoms with Crippen LogP contribution in [-0.4, -0.2) is 65.3 Å². The number of carbonyl (C=O) groups is 2. The topological polar surface area (TPSA) is 43.9 Å². The molecule has 3 heterocycles. The summed E-state index contributed by atoms with van der Waals surface area (Å²) in [5.74, 6) is 1.34. The number of amides is 2. The van der Waals surface area contributed by atoms with Gasteiger partial charge < -0.3 is 14.7 Å². The number of rotatable bonds is 4. The molecule has 1 aromatic rings. The lowest BCUT2D eigenvalue weighted by molar-refractivity contribution is -0.138. The van der Waals surface area contributed by atoms with Gasteiger partial charge in [-0.3, -0.25) is 9.59 Å². The van der Waals surface area contributed by atoms with Crippen LogP contribution in [-0.2, 0) is 16.1 Å². The molecule has 3 saturated heterocycles. The second kappa shape index (κ2) is 9.95. The molecule has 0 bridgehead atoms. The van der Waals surface area contributed by atoms with E-state index < -0.39 is 0 Å². The predicted octanol–water partition coefficient (Wildman–Crippen LogP) is 3.54. The summed E-state index contributed by atoms with van der Waals surface area (Å²) in [6.45, 7) is 7.35. The van der Waals surface area contributed by atoms with Crippen molar-refractivity contribution in [2.75, 3.05) is 32.7 Å². The summed E-state index contributed by atoms with van der Waals surface area (Å²) >= 11 is 0. The molecule has 1 aromatic carbocycles. The molecule has 5 nitrogen and oxygen atoms in total. The molecule has 0 spiro atoms. The van der Waals surface area contributed by atoms with Gasteiger partial charge in [0.2, 0.25) is 11.8 Å². The average molecular weight is 412 g/mol. The van der Waals surface area contributed by atoms with E-state index in [1.54, 1.807) is 6.92 Å². The second-order valence-electron chi connectivity index (χ2n) is 9.46. The Morgan fingerprint density at radius 2 is 1.60 bits per heavy atom. The van der Waals surface area contributed by atoms with Gasteiger partial charge in [0.15, 0.2) is 0 Å². The van der Waals surface area contributed by atoms with Gasteiger partial charge in [0.1, 0.15) is 0 Å². The molecule has 164 valence electrons. The predicted molar refractivity (Wildman–Crippen MR) is 119 cm³/mol. The van der Waals surface area contributed by atoms with Crippen molar-refractivity contribution in [3.63, 3.8) is 0 Å². The van der Waals surface area contributed by atoms with E-state index in [1.807, 2.05) is 11.0 Å². The molecular weight excluding hydrogens is 374 g/mol. The van der Waals surface area contributed by atoms with Crippen molar-refractivity contribution in [3.8, 4) is 0 Å². The number of piperidine rings is 2. The van der Waals surface area contributed by atoms with Crippen LogP contribution < -0.4 is 0 Å². The number of hydrogen-bond donors (Lipinski definition) is 0. The fourth-order valence-electron chi connectivity index (χ4n) is 5.77. The summed E-state index contributed by atoms with van der Waals surface area (Å²) in [6.07, 6.45) is 7.83. The zero-order valence-corrected chi connectivity index (χ0v) is 18.5. The summed E-state index contributed by atoms with van der Waals surface area (Å²) in [5.41, 5.74) is 1.23. The highest BCUT2D eigenvalue weighted by atomic mass is 16.2. The van der Waals surface area contributed by atoms with E-state index in [4.69, 9.17) is 0 Å². The van der Waals surface area contributed by atoms with Crippen LogP contribution in [0.1, 0.15) is 57.4 Å². The van der Waals surface area contributed by atoms with E-state index in [0.29, 0.717) is 17.9 Å². The highest BCUT2D eigenvalue weighted by molar-refractivity contribution is 5.79. The number of hydrogen-bond acceptors (Lipinski definition) is 3. The summed E-state index contributed by atoms with van der Waals surface area (Å²) in [5, 5.41) is 0. The summed E-state index contributed by atoms with van der Waals surface area (Å²) in [6, 6.07) is 11.0. The minimum Gasteiger partial charge on any atom is -0.343 e. The van der Waals surface area contributed by atoms with Crippen molar-refractivity contribution in [3.05, 3.63) is 35.9 Å². The van der Waals surface area contributed by atoms with Crippen LogP contribution in [0.4, 0.5) is 0 Å². The maximum absolute atomic E-state index is 13.4. The van der Waals surface area contributed by atoms with Crippen molar-refractivity contribution >= 4 is 11.8 Å². The maximum Gasteiger partial charge on any atom is 0.226 e. The quantitative estimate of drug-likeness (QED) is 0.761. The van der Waals surface area contributed by atoms with Gasteiger partial charge in [0.25, 0.3) is 0 Å². The first-order valence-corrected chi connectivity index (χ1v) is 11.9. The van der Waals surface area contributed by atoms with Crippen LogP contribution in [0.15, 0.2) is 30.3 Å². The molecule has 0 aromatic heterocycles. The average Bonchev–Trinajstić information content (AvgIpc) is 2.96. The fourth-order valence-corrected chi connectivity index (χ4v) is 5.77. The van der Waals surface area contributed by atoms with Crippen molar-refractivity contribution < 1.29 is 9.59 Å². The first kappa shape index (κ1) is 21.4. The Morgan fingerprint density at radius 3 is 2.27 bits per heavy atom. The van der Waals surface area contributed by atoms with Crippen molar-refractivity contribution in [2.45, 2.75) is 64.5 Å². The zero-order valence-electron chi connectivity index (χ0n) is 18.5. The Balaban J connectivity index is 1.31. The van der Waals surface area contributed by atoms with Gasteiger partial charge in [-0.15, -0.1) is 0 Å². The number of carbonyl (C=O) groups excluding carboxylic acids is 2. The van der Waals surface area contributed by atoms with Gasteiger partial charge in [0, 0.05) is 45.1 Å². The van der Waals surface area contributed by atoms with Crippen LogP contribution in [0.3, 0.4) is 0 Å². The Morgan fingerprint density at radius 1 is 0.900 bits per heavy atom. The van der Waals surface area contributed by atoms with E-state index in [1.165, 1.54) is 12.0 Å². The van der Waals surface area contributed by atoms with Crippen LogP contribution in [0.25, 0.3) is 0 Å². The number of nitrogens with zero attached hydrogens (tertiary/aromatic N) is 3. The SMILES string of the molecule is CC(=O)N1CCC(N2CCC([C@H]3CCCCN(Cc4ccccc4)C3=O)CC2)CC1. The van der Waals surface area contributed by atoms with Crippen LogP contribution in [0.2, 0.25) is 0 Å². The molecule has 2 amide bonds. The van der Waals surface area contributed by atoms with Gasteiger partial charge in [-0.25, -0.2) is 0 Å². The maximum atomic E-state index is 13.4. The van der Waals surface area contributed by atoms with E-state index in [0.717, 1.165) is 77.8 Å². The third-order valence-corrected chi connectivity index (χ3v) is 7.61. The Kier molecular flexibility index (Phi) is 7.08. The molecule has 0 saturated carbocycles. The molecule has 4 rings (SSSR count). The van der Waals surface area contributed by atoms with Gasteiger partial charge in [-0.2, -0.15) is 0 Å². The highest BCUT2D eigenvalue weighted by Crippen LogP contribution is 2.34. The Labute approximate surface area is 181 Å². The van der Waals surface area contributed by atoms with Crippen LogP contribution >= 0.6 is 0 Å². The molecule has 0 radical (unpaired) electrons. The first-order valence-electron chi connectivity index (χ1n) is 11.9. The summed E-state index contributed by atoms with van der Waals surface area (Å²) in [4.78, 5) is 31.7. The molecule has 0 unspecified atom stereocenters.